The summed E-state index contributed by atoms with van der Waals surface area (Å²) in [5, 5.41) is 146. The number of benzene rings is 6. The molecule has 0 fully saturated rings. The van der Waals surface area contributed by atoms with Crippen molar-refractivity contribution in [1.82, 2.24) is 0 Å². The summed E-state index contributed by atoms with van der Waals surface area (Å²) >= 11 is 0. The van der Waals surface area contributed by atoms with E-state index < -0.39 is 105 Å². The van der Waals surface area contributed by atoms with Crippen LogP contribution in [0.5, 0.6) is 86.2 Å². The van der Waals surface area contributed by atoms with Gasteiger partial charge in [-0.05, 0) is 48.0 Å². The third kappa shape index (κ3) is 4.98. The second kappa shape index (κ2) is 12.6. The number of phenolic OH excluding ortho intramolecular Hbond substituents is 10. The number of rotatable bonds is 3. The summed E-state index contributed by atoms with van der Waals surface area (Å²) in [4.78, 5) is 0. The molecule has 18 heteroatoms. The molecule has 0 aromatic heterocycles. The zero-order valence-electron chi connectivity index (χ0n) is 32.0. The molecule has 8 unspecified atom stereocenters. The Morgan fingerprint density at radius 1 is 0.476 bits per heavy atom. The lowest BCUT2D eigenvalue weighted by Gasteiger charge is -2.52. The van der Waals surface area contributed by atoms with Crippen LogP contribution in [0.1, 0.15) is 62.4 Å². The van der Waals surface area contributed by atoms with Gasteiger partial charge in [-0.25, -0.2) is 0 Å². The molecule has 5 aliphatic heterocycles. The molecule has 63 heavy (non-hydrogen) atoms. The Kier molecular flexibility index (Phi) is 7.65. The molecule has 6 aromatic carbocycles. The molecule has 5 aliphatic rings. The van der Waals surface area contributed by atoms with Crippen LogP contribution >= 0.6 is 0 Å². The standard InChI is InChI=1S/C45H34O18/c46-17-10-26(53)32-28(11-17)62-45(19-2-1-3-22(49)38(19)55)43(58)36(32)33-31(63-45)14-30-34(39(33)56)37-35-29(60-44(61-30,42(37)57)16-5-7-21(48)25(52)9-16)13-23(50)18-12-27(54)40(59-41(18)35)15-4-6-20(47)24(51)8-15/h1-11,13-14,27,36-37,40,42-43,46-58H,12H2. The number of aromatic hydroxyl groups is 10. The molecule has 0 spiro atoms. The third-order valence-corrected chi connectivity index (χ3v) is 12.6. The fraction of sp³-hybridized carbons (Fsp3) is 0.200. The smallest absolute Gasteiger partial charge is 0.308 e. The number of aliphatic hydroxyl groups is 3. The molecule has 0 aliphatic carbocycles. The average Bonchev–Trinajstić information content (AvgIpc) is 3.22. The minimum absolute atomic E-state index is 0.0186. The highest BCUT2D eigenvalue weighted by atomic mass is 16.7. The first-order chi connectivity index (χ1) is 30.0. The van der Waals surface area contributed by atoms with Gasteiger partial charge in [0, 0.05) is 64.1 Å². The number of fused-ring (bicyclic) bond motifs is 14. The predicted octanol–water partition coefficient (Wildman–Crippen LogP) is 4.04. The summed E-state index contributed by atoms with van der Waals surface area (Å²) in [6, 6.07) is 15.6. The average molecular weight is 863 g/mol. The summed E-state index contributed by atoms with van der Waals surface area (Å²) in [5.41, 5.74) is -0.547. The first-order valence-corrected chi connectivity index (χ1v) is 19.4. The van der Waals surface area contributed by atoms with Gasteiger partial charge in [0.1, 0.15) is 70.1 Å². The maximum absolute atomic E-state index is 12.8. The van der Waals surface area contributed by atoms with Gasteiger partial charge < -0.3 is 90.1 Å². The van der Waals surface area contributed by atoms with Gasteiger partial charge in [-0.1, -0.05) is 12.1 Å². The van der Waals surface area contributed by atoms with Crippen LogP contribution in [0.15, 0.2) is 78.9 Å². The van der Waals surface area contributed by atoms with Gasteiger partial charge in [-0.15, -0.1) is 0 Å². The quantitative estimate of drug-likeness (QED) is 0.112. The minimum atomic E-state index is -2.44. The van der Waals surface area contributed by atoms with Crippen molar-refractivity contribution in [3.05, 3.63) is 123 Å². The molecule has 18 nitrogen and oxygen atoms in total. The second-order valence-electron chi connectivity index (χ2n) is 16.1. The van der Waals surface area contributed by atoms with Crippen LogP contribution in [0.3, 0.4) is 0 Å². The van der Waals surface area contributed by atoms with Gasteiger partial charge in [0.15, 0.2) is 34.5 Å². The fourth-order valence-corrected chi connectivity index (χ4v) is 9.74. The van der Waals surface area contributed by atoms with Crippen molar-refractivity contribution in [2.75, 3.05) is 0 Å². The lowest BCUT2D eigenvalue weighted by molar-refractivity contribution is -0.224. The van der Waals surface area contributed by atoms with E-state index in [9.17, 15) is 66.4 Å². The summed E-state index contributed by atoms with van der Waals surface area (Å²) in [7, 11) is 0. The van der Waals surface area contributed by atoms with Gasteiger partial charge in [0.2, 0.25) is 0 Å². The van der Waals surface area contributed by atoms with Gasteiger partial charge in [-0.3, -0.25) is 0 Å². The lowest BCUT2D eigenvalue weighted by Crippen LogP contribution is -2.59. The number of hydrogen-bond donors (Lipinski definition) is 13. The van der Waals surface area contributed by atoms with Crippen molar-refractivity contribution in [3.8, 4) is 86.2 Å². The number of para-hydroxylation sites is 1. The lowest BCUT2D eigenvalue weighted by atomic mass is 9.70. The van der Waals surface area contributed by atoms with E-state index >= 15 is 0 Å². The zero-order valence-corrected chi connectivity index (χ0v) is 32.0. The highest BCUT2D eigenvalue weighted by Gasteiger charge is 2.64. The van der Waals surface area contributed by atoms with Gasteiger partial charge >= 0.3 is 11.6 Å². The Bertz CT molecular complexity index is 2990. The van der Waals surface area contributed by atoms with Crippen LogP contribution in [-0.2, 0) is 18.0 Å². The van der Waals surface area contributed by atoms with Crippen molar-refractivity contribution < 1.29 is 90.1 Å². The molecule has 0 saturated heterocycles. The Morgan fingerprint density at radius 3 is 1.76 bits per heavy atom. The van der Waals surface area contributed by atoms with Gasteiger partial charge in [0.25, 0.3) is 0 Å². The molecule has 6 aromatic rings. The monoisotopic (exact) mass is 862 g/mol. The van der Waals surface area contributed by atoms with E-state index in [1.165, 1.54) is 54.6 Å². The molecule has 0 radical (unpaired) electrons. The molecule has 13 N–H and O–H groups in total. The normalized spacial score (nSPS) is 26.7. The molecule has 0 saturated carbocycles. The largest absolute Gasteiger partial charge is 0.508 e. The van der Waals surface area contributed by atoms with Crippen molar-refractivity contribution in [1.29, 1.82) is 0 Å². The SMILES string of the molecule is Oc1cc(O)c2c(c1)OC1(c3cccc(O)c3O)Oc3cc4c(c(O)c3C2C1O)C1c2c(cc(O)c3c2OC(c2ccc(O)c(O)c2)C(O)C3)OC(c2ccc(O)c(O)c2)(O4)C1O. The van der Waals surface area contributed by atoms with Crippen LogP contribution in [-0.4, -0.2) is 84.7 Å². The Labute approximate surface area is 353 Å². The molecular weight excluding hydrogens is 828 g/mol. The fourth-order valence-electron chi connectivity index (χ4n) is 9.74. The van der Waals surface area contributed by atoms with E-state index in [0.29, 0.717) is 0 Å². The van der Waals surface area contributed by atoms with Crippen LogP contribution in [0.2, 0.25) is 0 Å². The third-order valence-electron chi connectivity index (χ3n) is 12.6. The van der Waals surface area contributed by atoms with E-state index in [1.54, 1.807) is 0 Å². The number of ether oxygens (including phenoxy) is 5. The summed E-state index contributed by atoms with van der Waals surface area (Å²) in [5.74, 6) is -14.4. The molecule has 8 atom stereocenters. The van der Waals surface area contributed by atoms with Crippen molar-refractivity contribution >= 4 is 0 Å². The molecular formula is C45H34O18. The molecule has 4 bridgehead atoms. The summed E-state index contributed by atoms with van der Waals surface area (Å²) < 4.78 is 32.2. The summed E-state index contributed by atoms with van der Waals surface area (Å²) in [6.45, 7) is 0. The van der Waals surface area contributed by atoms with E-state index in [4.69, 9.17) is 23.7 Å². The Hall–Kier alpha value is -7.80. The van der Waals surface area contributed by atoms with Crippen LogP contribution in [0, 0.1) is 0 Å². The maximum Gasteiger partial charge on any atom is 0.308 e. The van der Waals surface area contributed by atoms with Gasteiger partial charge in [-0.2, -0.15) is 0 Å². The highest BCUT2D eigenvalue weighted by Crippen LogP contribution is 2.67. The maximum atomic E-state index is 12.8. The second-order valence-corrected chi connectivity index (χ2v) is 16.1. The first-order valence-electron chi connectivity index (χ1n) is 19.4. The van der Waals surface area contributed by atoms with E-state index in [0.717, 1.165) is 24.3 Å². The van der Waals surface area contributed by atoms with E-state index in [1.807, 2.05) is 0 Å². The van der Waals surface area contributed by atoms with Crippen molar-refractivity contribution in [3.63, 3.8) is 0 Å². The highest BCUT2D eigenvalue weighted by molar-refractivity contribution is 5.73. The predicted molar refractivity (Wildman–Crippen MR) is 210 cm³/mol. The van der Waals surface area contributed by atoms with Crippen molar-refractivity contribution in [2.45, 2.75) is 54.2 Å². The number of phenols is 10. The minimum Gasteiger partial charge on any atom is -0.508 e. The number of hydrogen-bond acceptors (Lipinski definition) is 18. The molecule has 322 valence electrons. The Morgan fingerprint density at radius 2 is 1.08 bits per heavy atom. The van der Waals surface area contributed by atoms with Crippen molar-refractivity contribution in [2.24, 2.45) is 0 Å². The molecule has 11 rings (SSSR count). The zero-order chi connectivity index (χ0) is 44.2. The van der Waals surface area contributed by atoms with Crippen LogP contribution in [0.4, 0.5) is 0 Å². The number of aliphatic hydroxyl groups excluding tert-OH is 3. The molecule has 5 heterocycles. The van der Waals surface area contributed by atoms with Crippen LogP contribution in [0.25, 0.3) is 0 Å². The topological polar surface area (TPSA) is 309 Å². The summed E-state index contributed by atoms with van der Waals surface area (Å²) in [6.07, 6.45) is -6.64. The molecule has 0 amide bonds. The first kappa shape index (κ1) is 38.1. The van der Waals surface area contributed by atoms with E-state index in [2.05, 4.69) is 0 Å². The Balaban J connectivity index is 1.19. The van der Waals surface area contributed by atoms with Crippen LogP contribution < -0.4 is 23.7 Å². The van der Waals surface area contributed by atoms with Gasteiger partial charge in [0.05, 0.1) is 23.5 Å². The van der Waals surface area contributed by atoms with E-state index in [-0.39, 0.29) is 79.7 Å².